The monoisotopic (exact) mass is 359 g/mol. The third-order valence-corrected chi connectivity index (χ3v) is 4.83. The lowest BCUT2D eigenvalue weighted by Crippen LogP contribution is -2.42. The molecule has 1 fully saturated rings. The normalized spacial score (nSPS) is 19.7. The Labute approximate surface area is 144 Å². The van der Waals surface area contributed by atoms with Crippen LogP contribution in [0.25, 0.3) is 0 Å². The number of rotatable bonds is 3. The minimum absolute atomic E-state index is 0.131. The summed E-state index contributed by atoms with van der Waals surface area (Å²) in [5.41, 5.74) is 0.125. The summed E-state index contributed by atoms with van der Waals surface area (Å²) in [6, 6.07) is 1.48. The molecular formula is C15H22ClN3O3S. The Bertz CT molecular complexity index is 598. The number of ether oxygens (including phenoxy) is 1. The number of carbonyl (C=O) groups is 1. The largest absolute Gasteiger partial charge is 0.444 e. The maximum absolute atomic E-state index is 12.5. The van der Waals surface area contributed by atoms with Gasteiger partial charge in [0.05, 0.1) is 16.6 Å². The van der Waals surface area contributed by atoms with Gasteiger partial charge >= 0.3 is 6.09 Å². The van der Waals surface area contributed by atoms with Crippen molar-refractivity contribution in [2.24, 2.45) is 0 Å². The van der Waals surface area contributed by atoms with Crippen molar-refractivity contribution in [3.63, 3.8) is 0 Å². The van der Waals surface area contributed by atoms with Gasteiger partial charge in [0.15, 0.2) is 0 Å². The van der Waals surface area contributed by atoms with Crippen molar-refractivity contribution in [2.45, 2.75) is 57.3 Å². The van der Waals surface area contributed by atoms with E-state index in [1.165, 1.54) is 0 Å². The molecule has 1 saturated heterocycles. The number of hydrogen-bond donors (Lipinski definition) is 0. The molecule has 1 aliphatic heterocycles. The van der Waals surface area contributed by atoms with E-state index >= 15 is 0 Å². The van der Waals surface area contributed by atoms with Crippen molar-refractivity contribution in [2.75, 3.05) is 12.3 Å². The number of hydrogen-bond acceptors (Lipinski definition) is 5. The van der Waals surface area contributed by atoms with Gasteiger partial charge in [0.25, 0.3) is 0 Å². The lowest BCUT2D eigenvalue weighted by atomic mass is 10.2. The Kier molecular flexibility index (Phi) is 5.62. The summed E-state index contributed by atoms with van der Waals surface area (Å²) in [5.74, 6) is 0.291. The maximum Gasteiger partial charge on any atom is 0.410 e. The Morgan fingerprint density at radius 2 is 2.17 bits per heavy atom. The van der Waals surface area contributed by atoms with E-state index < -0.39 is 16.4 Å². The second kappa shape index (κ2) is 7.13. The number of carbonyl (C=O) groups excluding carboxylic acids is 1. The van der Waals surface area contributed by atoms with Crippen LogP contribution in [0.3, 0.4) is 0 Å². The molecule has 2 unspecified atom stereocenters. The second-order valence-corrected chi connectivity index (χ2v) is 8.37. The Morgan fingerprint density at radius 3 is 2.78 bits per heavy atom. The highest BCUT2D eigenvalue weighted by atomic mass is 35.5. The van der Waals surface area contributed by atoms with Crippen molar-refractivity contribution in [3.05, 3.63) is 16.9 Å². The van der Waals surface area contributed by atoms with Crippen LogP contribution in [-0.2, 0) is 15.5 Å². The van der Waals surface area contributed by atoms with Gasteiger partial charge in [-0.15, -0.1) is 0 Å². The van der Waals surface area contributed by atoms with Crippen LogP contribution in [0.2, 0.25) is 5.15 Å². The molecule has 6 nitrogen and oxygen atoms in total. The molecule has 23 heavy (non-hydrogen) atoms. The zero-order valence-corrected chi connectivity index (χ0v) is 15.4. The van der Waals surface area contributed by atoms with Gasteiger partial charge < -0.3 is 9.64 Å². The zero-order chi connectivity index (χ0) is 17.2. The van der Waals surface area contributed by atoms with E-state index in [2.05, 4.69) is 9.97 Å². The first-order valence-electron chi connectivity index (χ1n) is 7.55. The van der Waals surface area contributed by atoms with Crippen LogP contribution in [-0.4, -0.2) is 49.1 Å². The fourth-order valence-corrected chi connectivity index (χ4v) is 4.00. The van der Waals surface area contributed by atoms with E-state index in [-0.39, 0.29) is 22.4 Å². The topological polar surface area (TPSA) is 72.4 Å². The van der Waals surface area contributed by atoms with Crippen molar-refractivity contribution < 1.29 is 13.7 Å². The minimum Gasteiger partial charge on any atom is -0.444 e. The highest BCUT2D eigenvalue weighted by Crippen LogP contribution is 2.22. The first-order chi connectivity index (χ1) is 10.7. The molecule has 2 heterocycles. The van der Waals surface area contributed by atoms with Gasteiger partial charge in [-0.3, -0.25) is 4.21 Å². The summed E-state index contributed by atoms with van der Waals surface area (Å²) < 4.78 is 17.9. The van der Waals surface area contributed by atoms with Crippen molar-refractivity contribution in [1.82, 2.24) is 14.9 Å². The number of aromatic nitrogens is 2. The lowest BCUT2D eigenvalue weighted by Gasteiger charge is -2.28. The van der Waals surface area contributed by atoms with E-state index in [9.17, 15) is 9.00 Å². The first-order valence-corrected chi connectivity index (χ1v) is 9.24. The number of aryl methyl sites for hydroxylation is 1. The Balaban J connectivity index is 2.06. The van der Waals surface area contributed by atoms with E-state index in [4.69, 9.17) is 16.3 Å². The molecule has 2 rings (SSSR count). The fourth-order valence-electron chi connectivity index (χ4n) is 2.43. The average Bonchev–Trinajstić information content (AvgIpc) is 2.83. The molecule has 0 spiro atoms. The van der Waals surface area contributed by atoms with Crippen LogP contribution in [0.1, 0.15) is 39.3 Å². The first kappa shape index (κ1) is 18.1. The highest BCUT2D eigenvalue weighted by molar-refractivity contribution is 7.84. The number of halogens is 1. The van der Waals surface area contributed by atoms with Crippen molar-refractivity contribution in [1.29, 1.82) is 0 Å². The fraction of sp³-hybridized carbons (Fsp3) is 0.667. The molecule has 1 aliphatic rings. The summed E-state index contributed by atoms with van der Waals surface area (Å²) in [7, 11) is -1.41. The molecule has 1 aromatic rings. The van der Waals surface area contributed by atoms with Crippen LogP contribution < -0.4 is 0 Å². The van der Waals surface area contributed by atoms with Gasteiger partial charge in [-0.1, -0.05) is 11.6 Å². The molecule has 0 N–H and O–H groups in total. The predicted octanol–water partition coefficient (Wildman–Crippen LogP) is 2.95. The minimum atomic E-state index is -1.41. The molecule has 0 radical (unpaired) electrons. The Morgan fingerprint density at radius 1 is 1.48 bits per heavy atom. The predicted molar refractivity (Wildman–Crippen MR) is 89.0 cm³/mol. The van der Waals surface area contributed by atoms with Crippen LogP contribution >= 0.6 is 11.6 Å². The van der Waals surface area contributed by atoms with E-state index in [0.29, 0.717) is 18.0 Å². The van der Waals surface area contributed by atoms with Gasteiger partial charge in [-0.05, 0) is 46.6 Å². The number of nitrogens with zero attached hydrogens (tertiary/aromatic N) is 3. The summed E-state index contributed by atoms with van der Waals surface area (Å²) in [6.45, 7) is 7.88. The molecule has 0 aromatic carbocycles. The molecule has 0 aliphatic carbocycles. The molecule has 2 atom stereocenters. The van der Waals surface area contributed by atoms with Crippen molar-refractivity contribution >= 4 is 28.5 Å². The van der Waals surface area contributed by atoms with E-state index in [1.54, 1.807) is 17.9 Å². The van der Waals surface area contributed by atoms with Crippen LogP contribution in [0, 0.1) is 6.92 Å². The molecule has 0 bridgehead atoms. The lowest BCUT2D eigenvalue weighted by molar-refractivity contribution is 0.0241. The maximum atomic E-state index is 12.5. The van der Waals surface area contributed by atoms with Crippen molar-refractivity contribution in [3.8, 4) is 0 Å². The Hall–Kier alpha value is -1.21. The van der Waals surface area contributed by atoms with Crippen LogP contribution in [0.4, 0.5) is 4.79 Å². The molecule has 128 valence electrons. The molecular weight excluding hydrogens is 338 g/mol. The van der Waals surface area contributed by atoms with Crippen LogP contribution in [0.5, 0.6) is 0 Å². The van der Waals surface area contributed by atoms with Gasteiger partial charge in [0.1, 0.15) is 10.8 Å². The average molecular weight is 360 g/mol. The molecule has 0 saturated carbocycles. The smallest absolute Gasteiger partial charge is 0.410 e. The molecule has 8 heteroatoms. The van der Waals surface area contributed by atoms with E-state index in [1.807, 2.05) is 20.8 Å². The van der Waals surface area contributed by atoms with Gasteiger partial charge in [-0.2, -0.15) is 0 Å². The third-order valence-electron chi connectivity index (χ3n) is 3.35. The zero-order valence-electron chi connectivity index (χ0n) is 13.8. The quantitative estimate of drug-likeness (QED) is 0.612. The number of amides is 1. The summed E-state index contributed by atoms with van der Waals surface area (Å²) in [5, 5.41) is 0.488. The van der Waals surface area contributed by atoms with Gasteiger partial charge in [0.2, 0.25) is 5.16 Å². The van der Waals surface area contributed by atoms with Gasteiger partial charge in [0, 0.05) is 18.3 Å². The summed E-state index contributed by atoms with van der Waals surface area (Å²) in [4.78, 5) is 22.1. The summed E-state index contributed by atoms with van der Waals surface area (Å²) in [6.07, 6.45) is 1.31. The van der Waals surface area contributed by atoms with Gasteiger partial charge in [-0.25, -0.2) is 14.8 Å². The standard InChI is InChI=1S/C15H22ClN3O3S/c1-10-8-12(16)18-13(17-10)23(21)9-11-6-5-7-19(11)14(20)22-15(2,3)4/h8,11H,5-7,9H2,1-4H3. The molecule has 1 amide bonds. The molecule has 1 aromatic heterocycles. The SMILES string of the molecule is Cc1cc(Cl)nc(S(=O)CC2CCCN2C(=O)OC(C)(C)C)n1. The van der Waals surface area contributed by atoms with Crippen LogP contribution in [0.15, 0.2) is 11.2 Å². The van der Waals surface area contributed by atoms with E-state index in [0.717, 1.165) is 12.8 Å². The third kappa shape index (κ3) is 5.14. The second-order valence-electron chi connectivity index (χ2n) is 6.60. The number of likely N-dealkylation sites (tertiary alicyclic amines) is 1. The highest BCUT2D eigenvalue weighted by Gasteiger charge is 2.33. The summed E-state index contributed by atoms with van der Waals surface area (Å²) >= 11 is 5.89.